The molecule has 0 aromatic heterocycles. The Labute approximate surface area is 164 Å². The molecule has 0 aliphatic carbocycles. The minimum absolute atomic E-state index is 0.0278. The minimum Gasteiger partial charge on any atom is -0.495 e. The predicted molar refractivity (Wildman–Crippen MR) is 106 cm³/mol. The Hall–Kier alpha value is -2.53. The summed E-state index contributed by atoms with van der Waals surface area (Å²) in [4.78, 5) is 27.1. The van der Waals surface area contributed by atoms with Crippen molar-refractivity contribution in [3.63, 3.8) is 0 Å². The lowest BCUT2D eigenvalue weighted by Gasteiger charge is -2.32. The highest BCUT2D eigenvalue weighted by Crippen LogP contribution is 2.28. The fourth-order valence-electron chi connectivity index (χ4n) is 3.24. The normalized spacial score (nSPS) is 16.7. The van der Waals surface area contributed by atoms with E-state index in [1.54, 1.807) is 30.2 Å². The first-order valence-corrected chi connectivity index (χ1v) is 9.36. The lowest BCUT2D eigenvalue weighted by molar-refractivity contribution is -0.121. The summed E-state index contributed by atoms with van der Waals surface area (Å²) in [5.41, 5.74) is 2.39. The molecule has 5 nitrogen and oxygen atoms in total. The number of piperidine rings is 1. The van der Waals surface area contributed by atoms with Crippen molar-refractivity contribution in [1.29, 1.82) is 0 Å². The quantitative estimate of drug-likeness (QED) is 0.858. The third kappa shape index (κ3) is 4.61. The van der Waals surface area contributed by atoms with Crippen LogP contribution in [0, 0.1) is 12.8 Å². The zero-order chi connectivity index (χ0) is 19.4. The number of carbonyl (C=O) groups is 2. The molecule has 142 valence electrons. The van der Waals surface area contributed by atoms with Crippen LogP contribution in [0.2, 0.25) is 5.02 Å². The van der Waals surface area contributed by atoms with Crippen LogP contribution in [0.3, 0.4) is 0 Å². The van der Waals surface area contributed by atoms with Crippen LogP contribution in [0.1, 0.15) is 28.8 Å². The molecule has 1 saturated heterocycles. The molecule has 0 saturated carbocycles. The number of nitrogens with one attached hydrogen (secondary N) is 1. The van der Waals surface area contributed by atoms with Crippen molar-refractivity contribution in [1.82, 2.24) is 4.90 Å². The van der Waals surface area contributed by atoms with Gasteiger partial charge in [0.15, 0.2) is 0 Å². The highest BCUT2D eigenvalue weighted by Gasteiger charge is 2.29. The van der Waals surface area contributed by atoms with Gasteiger partial charge in [0, 0.05) is 24.3 Å². The summed E-state index contributed by atoms with van der Waals surface area (Å²) >= 11 is 6.11. The molecule has 2 aromatic rings. The van der Waals surface area contributed by atoms with Gasteiger partial charge in [-0.1, -0.05) is 29.3 Å². The zero-order valence-corrected chi connectivity index (χ0v) is 16.3. The molecule has 1 N–H and O–H groups in total. The molecule has 1 aliphatic heterocycles. The Kier molecular flexibility index (Phi) is 6.01. The molecule has 2 aromatic carbocycles. The maximum absolute atomic E-state index is 12.7. The third-order valence-electron chi connectivity index (χ3n) is 4.80. The maximum atomic E-state index is 12.7. The highest BCUT2D eigenvalue weighted by atomic mass is 35.5. The van der Waals surface area contributed by atoms with Crippen molar-refractivity contribution in [3.8, 4) is 5.75 Å². The van der Waals surface area contributed by atoms with Crippen molar-refractivity contribution in [2.24, 2.45) is 5.92 Å². The summed E-state index contributed by atoms with van der Waals surface area (Å²) in [6.07, 6.45) is 1.56. The summed E-state index contributed by atoms with van der Waals surface area (Å²) in [6.45, 7) is 3.08. The van der Waals surface area contributed by atoms with E-state index >= 15 is 0 Å². The number of hydrogen-bond donors (Lipinski definition) is 1. The van der Waals surface area contributed by atoms with E-state index in [4.69, 9.17) is 16.3 Å². The van der Waals surface area contributed by atoms with E-state index in [1.165, 1.54) is 0 Å². The molecular weight excluding hydrogens is 364 g/mol. The number of benzene rings is 2. The van der Waals surface area contributed by atoms with Crippen molar-refractivity contribution in [2.75, 3.05) is 25.5 Å². The monoisotopic (exact) mass is 386 g/mol. The first kappa shape index (κ1) is 19.2. The van der Waals surface area contributed by atoms with E-state index in [0.717, 1.165) is 18.4 Å². The number of rotatable bonds is 4. The number of nitrogens with zero attached hydrogens (tertiary/aromatic N) is 1. The van der Waals surface area contributed by atoms with Crippen LogP contribution in [0.15, 0.2) is 42.5 Å². The van der Waals surface area contributed by atoms with Gasteiger partial charge in [0.25, 0.3) is 5.91 Å². The molecule has 1 atom stereocenters. The minimum atomic E-state index is -0.242. The topological polar surface area (TPSA) is 58.6 Å². The number of ether oxygens (including phenoxy) is 1. The Morgan fingerprint density at radius 3 is 2.59 bits per heavy atom. The Balaban J connectivity index is 1.64. The smallest absolute Gasteiger partial charge is 0.253 e. The fourth-order valence-corrected chi connectivity index (χ4v) is 3.50. The average Bonchev–Trinajstić information content (AvgIpc) is 2.68. The predicted octanol–water partition coefficient (Wildman–Crippen LogP) is 4.15. The number of hydrogen-bond acceptors (Lipinski definition) is 3. The van der Waals surface area contributed by atoms with Crippen molar-refractivity contribution < 1.29 is 14.3 Å². The molecule has 0 bridgehead atoms. The van der Waals surface area contributed by atoms with Gasteiger partial charge in [-0.15, -0.1) is 0 Å². The molecule has 27 heavy (non-hydrogen) atoms. The highest BCUT2D eigenvalue weighted by molar-refractivity contribution is 6.32. The van der Waals surface area contributed by atoms with Gasteiger partial charge in [-0.25, -0.2) is 0 Å². The van der Waals surface area contributed by atoms with Crippen LogP contribution in [0.25, 0.3) is 0 Å². The lowest BCUT2D eigenvalue weighted by atomic mass is 9.96. The van der Waals surface area contributed by atoms with Gasteiger partial charge in [0.1, 0.15) is 5.75 Å². The van der Waals surface area contributed by atoms with Crippen LogP contribution in [-0.2, 0) is 4.79 Å². The molecule has 6 heteroatoms. The lowest BCUT2D eigenvalue weighted by Crippen LogP contribution is -2.43. The number of anilines is 1. The van der Waals surface area contributed by atoms with Crippen molar-refractivity contribution in [2.45, 2.75) is 19.8 Å². The summed E-state index contributed by atoms with van der Waals surface area (Å²) < 4.78 is 5.12. The number of likely N-dealkylation sites (tertiary alicyclic amines) is 1. The fraction of sp³-hybridized carbons (Fsp3) is 0.333. The number of carbonyl (C=O) groups excluding carboxylic acids is 2. The maximum Gasteiger partial charge on any atom is 0.253 e. The van der Waals surface area contributed by atoms with Gasteiger partial charge in [0.05, 0.1) is 18.1 Å². The van der Waals surface area contributed by atoms with Gasteiger partial charge in [-0.05, 0) is 50.1 Å². The van der Waals surface area contributed by atoms with Gasteiger partial charge in [0.2, 0.25) is 5.91 Å². The van der Waals surface area contributed by atoms with E-state index in [1.807, 2.05) is 31.2 Å². The van der Waals surface area contributed by atoms with Gasteiger partial charge in [-0.2, -0.15) is 0 Å². The summed E-state index contributed by atoms with van der Waals surface area (Å²) in [5, 5.41) is 3.33. The zero-order valence-electron chi connectivity index (χ0n) is 15.5. The Morgan fingerprint density at radius 2 is 1.93 bits per heavy atom. The number of amides is 2. The molecule has 3 rings (SSSR count). The first-order chi connectivity index (χ1) is 13.0. The average molecular weight is 387 g/mol. The molecule has 2 amide bonds. The summed E-state index contributed by atoms with van der Waals surface area (Å²) in [7, 11) is 1.54. The molecule has 1 unspecified atom stereocenters. The molecule has 1 fully saturated rings. The van der Waals surface area contributed by atoms with E-state index < -0.39 is 0 Å². The molecule has 1 aliphatic rings. The standard InChI is InChI=1S/C21H23ClN2O3/c1-14-5-7-15(8-6-14)21(26)24-11-3-4-16(13-24)20(25)23-17-9-10-19(27-2)18(22)12-17/h5-10,12,16H,3-4,11,13H2,1-2H3,(H,23,25). The van der Waals surface area contributed by atoms with Crippen molar-refractivity contribution in [3.05, 3.63) is 58.6 Å². The van der Waals surface area contributed by atoms with E-state index in [0.29, 0.717) is 35.1 Å². The third-order valence-corrected chi connectivity index (χ3v) is 5.09. The van der Waals surface area contributed by atoms with Crippen LogP contribution in [0.4, 0.5) is 5.69 Å². The number of aryl methyl sites for hydroxylation is 1. The molecule has 0 spiro atoms. The summed E-state index contributed by atoms with van der Waals surface area (Å²) in [5.74, 6) is 0.189. The summed E-state index contributed by atoms with van der Waals surface area (Å²) in [6, 6.07) is 12.6. The molecule has 0 radical (unpaired) electrons. The number of halogens is 1. The van der Waals surface area contributed by atoms with E-state index in [-0.39, 0.29) is 17.7 Å². The van der Waals surface area contributed by atoms with E-state index in [2.05, 4.69) is 5.32 Å². The Morgan fingerprint density at radius 1 is 1.19 bits per heavy atom. The van der Waals surface area contributed by atoms with Crippen molar-refractivity contribution >= 4 is 29.1 Å². The Bertz CT molecular complexity index is 836. The van der Waals surface area contributed by atoms with Crippen LogP contribution >= 0.6 is 11.6 Å². The second-order valence-corrected chi connectivity index (χ2v) is 7.20. The van der Waals surface area contributed by atoms with Crippen LogP contribution < -0.4 is 10.1 Å². The van der Waals surface area contributed by atoms with Gasteiger partial charge < -0.3 is 15.0 Å². The first-order valence-electron chi connectivity index (χ1n) is 8.98. The molecule has 1 heterocycles. The second-order valence-electron chi connectivity index (χ2n) is 6.79. The van der Waals surface area contributed by atoms with E-state index in [9.17, 15) is 9.59 Å². The SMILES string of the molecule is COc1ccc(NC(=O)C2CCCN(C(=O)c3ccc(C)cc3)C2)cc1Cl. The number of methoxy groups -OCH3 is 1. The second kappa shape index (κ2) is 8.44. The van der Waals surface area contributed by atoms with Crippen LogP contribution in [-0.4, -0.2) is 36.9 Å². The van der Waals surface area contributed by atoms with Gasteiger partial charge >= 0.3 is 0 Å². The largest absolute Gasteiger partial charge is 0.495 e. The van der Waals surface area contributed by atoms with Gasteiger partial charge in [-0.3, -0.25) is 9.59 Å². The van der Waals surface area contributed by atoms with Crippen LogP contribution in [0.5, 0.6) is 5.75 Å². The molecular formula is C21H23ClN2O3.